The van der Waals surface area contributed by atoms with Crippen LogP contribution in [0.1, 0.15) is 26.2 Å². The van der Waals surface area contributed by atoms with Crippen molar-refractivity contribution in [3.63, 3.8) is 0 Å². The summed E-state index contributed by atoms with van der Waals surface area (Å²) in [6, 6.07) is 0.275. The van der Waals surface area contributed by atoms with E-state index in [4.69, 9.17) is 0 Å². The lowest BCUT2D eigenvalue weighted by molar-refractivity contribution is 0.0804. The van der Waals surface area contributed by atoms with Crippen molar-refractivity contribution in [3.8, 4) is 0 Å². The molecule has 0 aliphatic carbocycles. The van der Waals surface area contributed by atoms with E-state index in [1.165, 1.54) is 0 Å². The van der Waals surface area contributed by atoms with Gasteiger partial charge in [0.05, 0.1) is 6.04 Å². The standard InChI is InChI=1S/C21H29N3O/c1-4-6-10-14-19(5-2)22-21(25)23-16-20(17-23)24-15-12-9-7-8-11-13-18(24)3/h5-8,10-11,13-14,20H,2-4,9,12,15-17H2,1H3,(H,22,25)/b8-7-,10-6-,13-11-,19-14+. The van der Waals surface area contributed by atoms with E-state index in [1.807, 2.05) is 35.3 Å². The van der Waals surface area contributed by atoms with Crippen LogP contribution in [0.25, 0.3) is 0 Å². The van der Waals surface area contributed by atoms with Crippen LogP contribution in [0, 0.1) is 0 Å². The molecule has 1 fully saturated rings. The maximum atomic E-state index is 12.4. The summed E-state index contributed by atoms with van der Waals surface area (Å²) in [5.74, 6) is 0. The molecule has 134 valence electrons. The summed E-state index contributed by atoms with van der Waals surface area (Å²) in [6.07, 6.45) is 19.0. The summed E-state index contributed by atoms with van der Waals surface area (Å²) in [5, 5.41) is 2.91. The van der Waals surface area contributed by atoms with Crippen LogP contribution in [-0.4, -0.2) is 41.5 Å². The Morgan fingerprint density at radius 3 is 2.92 bits per heavy atom. The number of nitrogens with zero attached hydrogens (tertiary/aromatic N) is 2. The largest absolute Gasteiger partial charge is 0.365 e. The number of hydrogen-bond acceptors (Lipinski definition) is 2. The van der Waals surface area contributed by atoms with Crippen molar-refractivity contribution >= 4 is 6.03 Å². The Balaban J connectivity index is 1.86. The zero-order valence-corrected chi connectivity index (χ0v) is 15.2. The van der Waals surface area contributed by atoms with Gasteiger partial charge in [-0.15, -0.1) is 0 Å². The minimum absolute atomic E-state index is 0.0700. The van der Waals surface area contributed by atoms with Gasteiger partial charge in [-0.05, 0) is 37.5 Å². The van der Waals surface area contributed by atoms with E-state index < -0.39 is 0 Å². The van der Waals surface area contributed by atoms with Gasteiger partial charge in [-0.25, -0.2) is 4.79 Å². The van der Waals surface area contributed by atoms with E-state index in [0.717, 1.165) is 50.3 Å². The molecule has 2 rings (SSSR count). The number of amides is 2. The quantitative estimate of drug-likeness (QED) is 0.764. The summed E-state index contributed by atoms with van der Waals surface area (Å²) >= 11 is 0. The van der Waals surface area contributed by atoms with Crippen LogP contribution in [0.2, 0.25) is 0 Å². The van der Waals surface area contributed by atoms with Crippen LogP contribution in [0.3, 0.4) is 0 Å². The highest BCUT2D eigenvalue weighted by atomic mass is 16.2. The van der Waals surface area contributed by atoms with Crippen LogP contribution in [0.15, 0.2) is 73.2 Å². The molecule has 0 aromatic carbocycles. The van der Waals surface area contributed by atoms with Crippen molar-refractivity contribution in [3.05, 3.63) is 73.2 Å². The van der Waals surface area contributed by atoms with Gasteiger partial charge in [-0.1, -0.05) is 50.5 Å². The number of nitrogens with one attached hydrogen (secondary N) is 1. The fourth-order valence-electron chi connectivity index (χ4n) is 2.87. The highest BCUT2D eigenvalue weighted by molar-refractivity contribution is 5.77. The topological polar surface area (TPSA) is 35.6 Å². The molecule has 2 amide bonds. The zero-order valence-electron chi connectivity index (χ0n) is 15.2. The predicted molar refractivity (Wildman–Crippen MR) is 105 cm³/mol. The minimum Gasteiger partial charge on any atom is -0.365 e. The normalized spacial score (nSPS) is 22.0. The molecule has 0 saturated carbocycles. The second-order valence-corrected chi connectivity index (χ2v) is 6.27. The highest BCUT2D eigenvalue weighted by Crippen LogP contribution is 2.21. The molecule has 0 atom stereocenters. The number of allylic oxidation sites excluding steroid dienone is 8. The average molecular weight is 339 g/mol. The first-order valence-corrected chi connectivity index (χ1v) is 8.99. The van der Waals surface area contributed by atoms with Crippen LogP contribution >= 0.6 is 0 Å². The third kappa shape index (κ3) is 5.52. The van der Waals surface area contributed by atoms with Gasteiger partial charge in [0.15, 0.2) is 0 Å². The van der Waals surface area contributed by atoms with Crippen LogP contribution < -0.4 is 5.32 Å². The van der Waals surface area contributed by atoms with E-state index in [1.54, 1.807) is 6.08 Å². The zero-order chi connectivity index (χ0) is 18.1. The van der Waals surface area contributed by atoms with Crippen molar-refractivity contribution in [2.75, 3.05) is 19.6 Å². The van der Waals surface area contributed by atoms with Crippen molar-refractivity contribution in [2.24, 2.45) is 0 Å². The predicted octanol–water partition coefficient (Wildman–Crippen LogP) is 4.14. The number of hydrogen-bond donors (Lipinski definition) is 1. The highest BCUT2D eigenvalue weighted by Gasteiger charge is 2.34. The molecule has 2 aliphatic heterocycles. The van der Waals surface area contributed by atoms with E-state index in [0.29, 0.717) is 6.04 Å². The van der Waals surface area contributed by atoms with E-state index in [9.17, 15) is 4.79 Å². The van der Waals surface area contributed by atoms with E-state index in [-0.39, 0.29) is 6.03 Å². The number of carbonyl (C=O) groups is 1. The molecule has 1 N–H and O–H groups in total. The van der Waals surface area contributed by atoms with Gasteiger partial charge in [-0.3, -0.25) is 0 Å². The summed E-state index contributed by atoms with van der Waals surface area (Å²) < 4.78 is 0. The van der Waals surface area contributed by atoms with Crippen LogP contribution in [0.4, 0.5) is 4.79 Å². The monoisotopic (exact) mass is 339 g/mol. The lowest BCUT2D eigenvalue weighted by Gasteiger charge is -2.46. The Labute approximate surface area is 151 Å². The molecule has 4 nitrogen and oxygen atoms in total. The Bertz CT molecular complexity index is 607. The summed E-state index contributed by atoms with van der Waals surface area (Å²) in [4.78, 5) is 16.5. The van der Waals surface area contributed by atoms with Gasteiger partial charge in [0, 0.05) is 31.0 Å². The molecule has 0 aromatic heterocycles. The van der Waals surface area contributed by atoms with Gasteiger partial charge < -0.3 is 15.1 Å². The molecule has 0 spiro atoms. The fourth-order valence-corrected chi connectivity index (χ4v) is 2.87. The number of carbonyl (C=O) groups excluding carboxylic acids is 1. The molecule has 0 aromatic rings. The molecular weight excluding hydrogens is 310 g/mol. The van der Waals surface area contributed by atoms with Gasteiger partial charge in [0.2, 0.25) is 0 Å². The van der Waals surface area contributed by atoms with Crippen molar-refractivity contribution < 1.29 is 4.79 Å². The third-order valence-electron chi connectivity index (χ3n) is 4.38. The smallest absolute Gasteiger partial charge is 0.321 e. The maximum Gasteiger partial charge on any atom is 0.321 e. The number of urea groups is 1. The molecule has 1 saturated heterocycles. The summed E-state index contributed by atoms with van der Waals surface area (Å²) in [7, 11) is 0. The van der Waals surface area contributed by atoms with Gasteiger partial charge in [-0.2, -0.15) is 0 Å². The molecule has 4 heteroatoms. The van der Waals surface area contributed by atoms with Crippen molar-refractivity contribution in [1.29, 1.82) is 0 Å². The van der Waals surface area contributed by atoms with E-state index >= 15 is 0 Å². The second kappa shape index (κ2) is 9.72. The first-order chi connectivity index (χ1) is 12.2. The molecule has 2 aliphatic rings. The van der Waals surface area contributed by atoms with Crippen LogP contribution in [-0.2, 0) is 0 Å². The lowest BCUT2D eigenvalue weighted by Crippen LogP contribution is -2.62. The fraction of sp³-hybridized carbons (Fsp3) is 0.381. The maximum absolute atomic E-state index is 12.4. The number of likely N-dealkylation sites (tertiary alicyclic amines) is 1. The Morgan fingerprint density at radius 1 is 1.40 bits per heavy atom. The molecule has 0 radical (unpaired) electrons. The molecule has 0 bridgehead atoms. The van der Waals surface area contributed by atoms with Crippen molar-refractivity contribution in [2.45, 2.75) is 32.2 Å². The van der Waals surface area contributed by atoms with E-state index in [2.05, 4.69) is 42.5 Å². The number of rotatable bonds is 5. The van der Waals surface area contributed by atoms with Gasteiger partial charge in [0.25, 0.3) is 0 Å². The first kappa shape index (κ1) is 18.8. The molecule has 25 heavy (non-hydrogen) atoms. The Morgan fingerprint density at radius 2 is 2.20 bits per heavy atom. The Kier molecular flexibility index (Phi) is 7.33. The lowest BCUT2D eigenvalue weighted by atomic mass is 10.1. The van der Waals surface area contributed by atoms with Crippen molar-refractivity contribution in [1.82, 2.24) is 15.1 Å². The SMILES string of the molecule is C=C/C(=C\C=C/CC)NC(=O)N1CC(N2CCC/C=C\C=C/C2=C)C1. The first-order valence-electron chi connectivity index (χ1n) is 8.99. The molecule has 0 unspecified atom stereocenters. The molecule has 2 heterocycles. The second-order valence-electron chi connectivity index (χ2n) is 6.27. The average Bonchev–Trinajstić information content (AvgIpc) is 2.66. The molecular formula is C21H29N3O. The van der Waals surface area contributed by atoms with Gasteiger partial charge in [0.1, 0.15) is 0 Å². The summed E-state index contributed by atoms with van der Waals surface area (Å²) in [6.45, 7) is 12.4. The Hall–Kier alpha value is -2.49. The summed E-state index contributed by atoms with van der Waals surface area (Å²) in [5.41, 5.74) is 1.74. The van der Waals surface area contributed by atoms with Gasteiger partial charge >= 0.3 is 6.03 Å². The minimum atomic E-state index is -0.0700. The van der Waals surface area contributed by atoms with Crippen LogP contribution in [0.5, 0.6) is 0 Å². The third-order valence-corrected chi connectivity index (χ3v) is 4.38.